The van der Waals surface area contributed by atoms with Crippen molar-refractivity contribution in [2.75, 3.05) is 20.8 Å². The van der Waals surface area contributed by atoms with Crippen LogP contribution in [0.2, 0.25) is 0 Å². The zero-order valence-corrected chi connectivity index (χ0v) is 9.60. The molecule has 1 rings (SSSR count). The second-order valence-corrected chi connectivity index (χ2v) is 2.82. The van der Waals surface area contributed by atoms with E-state index in [1.54, 1.807) is 13.2 Å². The molecule has 0 heterocycles. The molecule has 1 aromatic rings. The molecule has 0 bridgehead atoms. The summed E-state index contributed by atoms with van der Waals surface area (Å²) in [5, 5.41) is 3.57. The molecule has 16 heavy (non-hydrogen) atoms. The summed E-state index contributed by atoms with van der Waals surface area (Å²) < 4.78 is 10.6. The Hall–Kier alpha value is -1.75. The third kappa shape index (κ3) is 3.43. The van der Waals surface area contributed by atoms with Crippen molar-refractivity contribution < 1.29 is 19.3 Å². The summed E-state index contributed by atoms with van der Waals surface area (Å²) in [6.45, 7) is 2.49. The molecular weight excluding hydrogens is 210 g/mol. The molecule has 0 aromatic heterocycles. The fourth-order valence-corrected chi connectivity index (χ4v) is 1.17. The minimum atomic E-state index is 0.575. The number of rotatable bonds is 6. The predicted molar refractivity (Wildman–Crippen MR) is 59.9 cm³/mol. The van der Waals surface area contributed by atoms with Crippen molar-refractivity contribution in [2.45, 2.75) is 6.92 Å². The van der Waals surface area contributed by atoms with E-state index in [1.165, 1.54) is 13.3 Å². The molecule has 0 radical (unpaired) electrons. The molecule has 88 valence electrons. The Balaban J connectivity index is 2.84. The lowest BCUT2D eigenvalue weighted by Gasteiger charge is -2.09. The van der Waals surface area contributed by atoms with Crippen LogP contribution in [0.1, 0.15) is 12.5 Å². The van der Waals surface area contributed by atoms with Gasteiger partial charge in [0.1, 0.15) is 0 Å². The third-order valence-corrected chi connectivity index (χ3v) is 1.81. The molecular formula is C11H15NO4. The summed E-state index contributed by atoms with van der Waals surface area (Å²) >= 11 is 0. The number of nitrogens with zero attached hydrogens (tertiary/aromatic N) is 1. The SMILES string of the molecule is CCOc1cc(/C=N/OOC)ccc1OC. The first-order valence-corrected chi connectivity index (χ1v) is 4.85. The molecule has 1 aromatic carbocycles. The van der Waals surface area contributed by atoms with Gasteiger partial charge in [0.25, 0.3) is 0 Å². The lowest BCUT2D eigenvalue weighted by Crippen LogP contribution is -1.96. The quantitative estimate of drug-likeness (QED) is 0.422. The Labute approximate surface area is 94.5 Å². The van der Waals surface area contributed by atoms with E-state index in [0.29, 0.717) is 18.1 Å². The molecule has 0 amide bonds. The number of ether oxygens (including phenoxy) is 2. The van der Waals surface area contributed by atoms with E-state index in [-0.39, 0.29) is 0 Å². The molecule has 0 atom stereocenters. The van der Waals surface area contributed by atoms with Crippen molar-refractivity contribution in [3.05, 3.63) is 23.8 Å². The highest BCUT2D eigenvalue weighted by atomic mass is 17.3. The Morgan fingerprint density at radius 2 is 2.06 bits per heavy atom. The van der Waals surface area contributed by atoms with Crippen LogP contribution >= 0.6 is 0 Å². The van der Waals surface area contributed by atoms with Crippen LogP contribution in [0.5, 0.6) is 11.5 Å². The average Bonchev–Trinajstić information content (AvgIpc) is 2.30. The van der Waals surface area contributed by atoms with E-state index >= 15 is 0 Å². The summed E-state index contributed by atoms with van der Waals surface area (Å²) in [5.41, 5.74) is 0.835. The van der Waals surface area contributed by atoms with Crippen LogP contribution in [0.3, 0.4) is 0 Å². The van der Waals surface area contributed by atoms with Gasteiger partial charge >= 0.3 is 0 Å². The van der Waals surface area contributed by atoms with E-state index < -0.39 is 0 Å². The lowest BCUT2D eigenvalue weighted by atomic mass is 10.2. The summed E-state index contributed by atoms with van der Waals surface area (Å²) in [6, 6.07) is 5.45. The van der Waals surface area contributed by atoms with Gasteiger partial charge in [-0.1, -0.05) is 5.16 Å². The van der Waals surface area contributed by atoms with Crippen LogP contribution in [0.15, 0.2) is 23.4 Å². The van der Waals surface area contributed by atoms with Gasteiger partial charge in [0.2, 0.25) is 0 Å². The first kappa shape index (κ1) is 12.3. The Morgan fingerprint density at radius 1 is 1.25 bits per heavy atom. The van der Waals surface area contributed by atoms with Crippen LogP contribution in [-0.2, 0) is 9.88 Å². The van der Waals surface area contributed by atoms with E-state index in [4.69, 9.17) is 9.47 Å². The van der Waals surface area contributed by atoms with Gasteiger partial charge in [-0.15, -0.1) is 0 Å². The van der Waals surface area contributed by atoms with Gasteiger partial charge in [0.05, 0.1) is 27.0 Å². The zero-order valence-electron chi connectivity index (χ0n) is 9.60. The minimum absolute atomic E-state index is 0.575. The number of hydrogen-bond acceptors (Lipinski definition) is 5. The highest BCUT2D eigenvalue weighted by Crippen LogP contribution is 2.27. The summed E-state index contributed by atoms with van der Waals surface area (Å²) in [6.07, 6.45) is 1.52. The molecule has 0 N–H and O–H groups in total. The smallest absolute Gasteiger partial charge is 0.161 e. The summed E-state index contributed by atoms with van der Waals surface area (Å²) in [4.78, 5) is 8.72. The van der Waals surface area contributed by atoms with Gasteiger partial charge in [-0.2, -0.15) is 4.89 Å². The van der Waals surface area contributed by atoms with Gasteiger partial charge in [-0.25, -0.2) is 4.99 Å². The predicted octanol–water partition coefficient (Wildman–Crippen LogP) is 2.01. The lowest BCUT2D eigenvalue weighted by molar-refractivity contribution is -0.272. The van der Waals surface area contributed by atoms with Crippen LogP contribution in [-0.4, -0.2) is 27.0 Å². The monoisotopic (exact) mass is 225 g/mol. The topological polar surface area (TPSA) is 49.3 Å². The van der Waals surface area contributed by atoms with Crippen LogP contribution in [0, 0.1) is 0 Å². The van der Waals surface area contributed by atoms with E-state index in [0.717, 1.165) is 5.56 Å². The van der Waals surface area contributed by atoms with Crippen molar-refractivity contribution in [1.82, 2.24) is 0 Å². The number of oxime groups is 1. The highest BCUT2D eigenvalue weighted by molar-refractivity contribution is 5.80. The molecule has 0 saturated carbocycles. The maximum absolute atomic E-state index is 5.42. The fraction of sp³-hybridized carbons (Fsp3) is 0.364. The molecule has 0 aliphatic heterocycles. The van der Waals surface area contributed by atoms with Crippen molar-refractivity contribution >= 4 is 6.21 Å². The van der Waals surface area contributed by atoms with Crippen LogP contribution < -0.4 is 9.47 Å². The van der Waals surface area contributed by atoms with Gasteiger partial charge < -0.3 is 9.47 Å². The largest absolute Gasteiger partial charge is 0.493 e. The molecule has 0 spiro atoms. The standard InChI is InChI=1S/C11H15NO4/c1-4-15-11-7-9(8-12-16-14-3)5-6-10(11)13-2/h5-8H,4H2,1-3H3/b12-8+. The normalized spacial score (nSPS) is 10.4. The molecule has 0 aliphatic carbocycles. The fourth-order valence-electron chi connectivity index (χ4n) is 1.17. The summed E-state index contributed by atoms with van der Waals surface area (Å²) in [5.74, 6) is 1.36. The minimum Gasteiger partial charge on any atom is -0.493 e. The van der Waals surface area contributed by atoms with E-state index in [2.05, 4.69) is 15.0 Å². The van der Waals surface area contributed by atoms with Crippen molar-refractivity contribution in [1.29, 1.82) is 0 Å². The zero-order chi connectivity index (χ0) is 11.8. The molecule has 0 saturated heterocycles. The third-order valence-electron chi connectivity index (χ3n) is 1.81. The number of hydrogen-bond donors (Lipinski definition) is 0. The average molecular weight is 225 g/mol. The van der Waals surface area contributed by atoms with Crippen LogP contribution in [0.25, 0.3) is 0 Å². The number of methoxy groups -OCH3 is 1. The first-order chi connectivity index (χ1) is 7.81. The first-order valence-electron chi connectivity index (χ1n) is 4.85. The number of benzene rings is 1. The Kier molecular flexibility index (Phi) is 5.15. The van der Waals surface area contributed by atoms with Gasteiger partial charge in [-0.3, -0.25) is 0 Å². The van der Waals surface area contributed by atoms with E-state index in [9.17, 15) is 0 Å². The van der Waals surface area contributed by atoms with E-state index in [1.807, 2.05) is 19.1 Å². The van der Waals surface area contributed by atoms with Crippen molar-refractivity contribution in [3.8, 4) is 11.5 Å². The second-order valence-electron chi connectivity index (χ2n) is 2.82. The Morgan fingerprint density at radius 3 is 2.69 bits per heavy atom. The maximum Gasteiger partial charge on any atom is 0.161 e. The molecule has 5 nitrogen and oxygen atoms in total. The highest BCUT2D eigenvalue weighted by Gasteiger charge is 2.03. The van der Waals surface area contributed by atoms with Gasteiger partial charge in [0.15, 0.2) is 11.5 Å². The van der Waals surface area contributed by atoms with Gasteiger partial charge in [0, 0.05) is 5.56 Å². The van der Waals surface area contributed by atoms with Crippen molar-refractivity contribution in [2.24, 2.45) is 5.16 Å². The second kappa shape index (κ2) is 6.68. The molecule has 5 heteroatoms. The van der Waals surface area contributed by atoms with Crippen LogP contribution in [0.4, 0.5) is 0 Å². The summed E-state index contributed by atoms with van der Waals surface area (Å²) in [7, 11) is 2.98. The molecule has 0 fully saturated rings. The van der Waals surface area contributed by atoms with Gasteiger partial charge in [-0.05, 0) is 25.1 Å². The van der Waals surface area contributed by atoms with Crippen molar-refractivity contribution in [3.63, 3.8) is 0 Å². The Bertz CT molecular complexity index is 352. The maximum atomic E-state index is 5.42. The molecule has 0 aliphatic rings. The molecule has 0 unspecified atom stereocenters.